The number of sulfonamides is 1. The van der Waals surface area contributed by atoms with E-state index < -0.39 is 22.0 Å². The number of nitrogens with two attached hydrogens (primary N) is 1. The number of carbonyl (C=O) groups is 2. The van der Waals surface area contributed by atoms with Gasteiger partial charge in [0.2, 0.25) is 15.9 Å². The van der Waals surface area contributed by atoms with Crippen molar-refractivity contribution in [1.82, 2.24) is 10.0 Å². The van der Waals surface area contributed by atoms with Crippen LogP contribution in [0, 0.1) is 0 Å². The maximum absolute atomic E-state index is 12.5. The van der Waals surface area contributed by atoms with Gasteiger partial charge in [-0.3, -0.25) is 14.6 Å². The predicted molar refractivity (Wildman–Crippen MR) is 114 cm³/mol. The van der Waals surface area contributed by atoms with E-state index in [0.29, 0.717) is 11.3 Å². The topological polar surface area (TPSA) is 134 Å². The lowest BCUT2D eigenvalue weighted by atomic mass is 10.1. The fourth-order valence-corrected chi connectivity index (χ4v) is 3.79. The number of amides is 2. The molecule has 3 rings (SSSR count). The molecule has 1 aliphatic heterocycles. The summed E-state index contributed by atoms with van der Waals surface area (Å²) in [5.74, 6) is -1.06. The van der Waals surface area contributed by atoms with Crippen LogP contribution in [0.25, 0.3) is 0 Å². The Balaban J connectivity index is 1.64. The second kappa shape index (κ2) is 9.06. The first-order valence-electron chi connectivity index (χ1n) is 9.27. The molecule has 2 aromatic carbocycles. The van der Waals surface area contributed by atoms with Crippen molar-refractivity contribution in [2.45, 2.75) is 24.8 Å². The Morgan fingerprint density at radius 3 is 2.33 bits per heavy atom. The van der Waals surface area contributed by atoms with E-state index in [1.807, 2.05) is 18.2 Å². The lowest BCUT2D eigenvalue weighted by molar-refractivity contribution is -0.119. The first-order chi connectivity index (χ1) is 14.3. The molecule has 0 saturated carbocycles. The van der Waals surface area contributed by atoms with Gasteiger partial charge in [-0.15, -0.1) is 0 Å². The fraction of sp³-hybridized carbons (Fsp3) is 0.250. The lowest BCUT2D eigenvalue weighted by Gasteiger charge is -2.20. The highest BCUT2D eigenvalue weighted by Gasteiger charge is 2.34. The number of rotatable bonds is 8. The third-order valence-electron chi connectivity index (χ3n) is 4.67. The van der Waals surface area contributed by atoms with Crippen LogP contribution >= 0.6 is 0 Å². The Morgan fingerprint density at radius 1 is 1.10 bits per heavy atom. The highest BCUT2D eigenvalue weighted by Crippen LogP contribution is 2.24. The molecule has 2 aromatic rings. The van der Waals surface area contributed by atoms with E-state index in [0.717, 1.165) is 5.56 Å². The molecule has 0 bridgehead atoms. The Kier molecular flexibility index (Phi) is 6.48. The van der Waals surface area contributed by atoms with Crippen molar-refractivity contribution in [1.29, 1.82) is 0 Å². The zero-order chi connectivity index (χ0) is 21.7. The quantitative estimate of drug-likeness (QED) is 0.561. The van der Waals surface area contributed by atoms with Gasteiger partial charge < -0.3 is 11.1 Å². The van der Waals surface area contributed by atoms with Gasteiger partial charge in [0.15, 0.2) is 0 Å². The average molecular weight is 430 g/mol. The third kappa shape index (κ3) is 5.22. The van der Waals surface area contributed by atoms with E-state index in [2.05, 4.69) is 15.1 Å². The second-order valence-corrected chi connectivity index (χ2v) is 8.74. The molecule has 1 heterocycles. The Hall–Kier alpha value is -3.24. The van der Waals surface area contributed by atoms with Crippen molar-refractivity contribution in [3.05, 3.63) is 65.7 Å². The van der Waals surface area contributed by atoms with E-state index in [-0.39, 0.29) is 30.3 Å². The van der Waals surface area contributed by atoms with Crippen LogP contribution in [0.1, 0.15) is 17.5 Å². The van der Waals surface area contributed by atoms with Crippen molar-refractivity contribution in [3.8, 4) is 0 Å². The van der Waals surface area contributed by atoms with E-state index in [1.165, 1.54) is 12.1 Å². The van der Waals surface area contributed by atoms with E-state index in [1.54, 1.807) is 36.4 Å². The third-order valence-corrected chi connectivity index (χ3v) is 6.00. The zero-order valence-electron chi connectivity index (χ0n) is 16.4. The number of hydrogen-bond donors (Lipinski definition) is 3. The summed E-state index contributed by atoms with van der Waals surface area (Å²) in [4.78, 5) is 24.4. The summed E-state index contributed by atoms with van der Waals surface area (Å²) in [6.07, 6.45) is 0.122. The molecule has 10 heteroatoms. The number of nitrogens with zero attached hydrogens (tertiary/aromatic N) is 2. The van der Waals surface area contributed by atoms with Crippen molar-refractivity contribution >= 4 is 33.2 Å². The molecule has 1 aliphatic rings. The highest BCUT2D eigenvalue weighted by molar-refractivity contribution is 7.88. The largest absolute Gasteiger partial charge is 0.368 e. The van der Waals surface area contributed by atoms with E-state index in [4.69, 9.17) is 5.73 Å². The van der Waals surface area contributed by atoms with Crippen LogP contribution in [0.2, 0.25) is 0 Å². The van der Waals surface area contributed by atoms with Gasteiger partial charge >= 0.3 is 0 Å². The molecule has 0 saturated heterocycles. The molecule has 0 aromatic heterocycles. The van der Waals surface area contributed by atoms with Crippen LogP contribution in [-0.2, 0) is 31.9 Å². The number of nitrogens with one attached hydrogen (secondary N) is 2. The molecule has 2 amide bonds. The summed E-state index contributed by atoms with van der Waals surface area (Å²) in [5.41, 5.74) is 7.83. The number of para-hydroxylation sites is 1. The van der Waals surface area contributed by atoms with Gasteiger partial charge in [-0.05, 0) is 30.3 Å². The number of carbonyl (C=O) groups excluding carboxylic acids is 2. The van der Waals surface area contributed by atoms with Crippen molar-refractivity contribution in [2.24, 2.45) is 10.8 Å². The first kappa shape index (κ1) is 21.5. The SMILES string of the molecule is CNS(=O)(=O)Cc1ccc(CNC(=O)C2=NN(c3ccccc3)C(C(N)=O)C2)cc1. The summed E-state index contributed by atoms with van der Waals surface area (Å²) in [6.45, 7) is 0.240. The summed E-state index contributed by atoms with van der Waals surface area (Å²) >= 11 is 0. The molecule has 1 atom stereocenters. The summed E-state index contributed by atoms with van der Waals surface area (Å²) in [5, 5.41) is 8.54. The summed E-state index contributed by atoms with van der Waals surface area (Å²) in [7, 11) is -1.97. The maximum Gasteiger partial charge on any atom is 0.267 e. The molecular formula is C20H23N5O4S. The van der Waals surface area contributed by atoms with Gasteiger partial charge in [0.05, 0.1) is 11.4 Å². The Labute approximate surface area is 175 Å². The van der Waals surface area contributed by atoms with E-state index >= 15 is 0 Å². The van der Waals surface area contributed by atoms with Crippen LogP contribution in [0.3, 0.4) is 0 Å². The molecular weight excluding hydrogens is 406 g/mol. The van der Waals surface area contributed by atoms with Gasteiger partial charge in [-0.2, -0.15) is 5.10 Å². The van der Waals surface area contributed by atoms with Gasteiger partial charge in [0.25, 0.3) is 5.91 Å². The van der Waals surface area contributed by atoms with Crippen LogP contribution in [0.15, 0.2) is 59.7 Å². The van der Waals surface area contributed by atoms with Crippen molar-refractivity contribution in [2.75, 3.05) is 12.1 Å². The van der Waals surface area contributed by atoms with Crippen LogP contribution in [0.5, 0.6) is 0 Å². The molecule has 0 spiro atoms. The number of primary amides is 1. The van der Waals surface area contributed by atoms with Crippen molar-refractivity contribution in [3.63, 3.8) is 0 Å². The molecule has 0 aliphatic carbocycles. The van der Waals surface area contributed by atoms with Crippen LogP contribution in [0.4, 0.5) is 5.69 Å². The minimum absolute atomic E-state index is 0.114. The number of benzene rings is 2. The standard InChI is InChI=1S/C20H23N5O4S/c1-22-30(28,29)13-15-9-7-14(8-10-15)12-23-20(27)17-11-18(19(21)26)25(24-17)16-5-3-2-4-6-16/h2-10,18,22H,11-13H2,1H3,(H2,21,26)(H,23,27). The molecule has 9 nitrogen and oxygen atoms in total. The molecule has 158 valence electrons. The van der Waals surface area contributed by atoms with Crippen LogP contribution < -0.4 is 20.8 Å². The van der Waals surface area contributed by atoms with Gasteiger partial charge in [0, 0.05) is 13.0 Å². The minimum Gasteiger partial charge on any atom is -0.368 e. The average Bonchev–Trinajstić information content (AvgIpc) is 3.19. The molecule has 30 heavy (non-hydrogen) atoms. The fourth-order valence-electron chi connectivity index (χ4n) is 3.02. The van der Waals surface area contributed by atoms with Gasteiger partial charge in [-0.1, -0.05) is 42.5 Å². The van der Waals surface area contributed by atoms with Crippen LogP contribution in [-0.4, -0.2) is 39.0 Å². The number of hydrazone groups is 1. The summed E-state index contributed by atoms with van der Waals surface area (Å²) in [6, 6.07) is 15.2. The molecule has 4 N–H and O–H groups in total. The monoisotopic (exact) mass is 429 g/mol. The Bertz CT molecular complexity index is 1050. The highest BCUT2D eigenvalue weighted by atomic mass is 32.2. The molecule has 1 unspecified atom stereocenters. The maximum atomic E-state index is 12.5. The smallest absolute Gasteiger partial charge is 0.267 e. The number of hydrogen-bond acceptors (Lipinski definition) is 6. The first-order valence-corrected chi connectivity index (χ1v) is 10.9. The minimum atomic E-state index is -3.34. The second-order valence-electron chi connectivity index (χ2n) is 6.81. The number of anilines is 1. The zero-order valence-corrected chi connectivity index (χ0v) is 17.2. The normalized spacial score (nSPS) is 16.2. The van der Waals surface area contributed by atoms with Gasteiger partial charge in [0.1, 0.15) is 11.8 Å². The van der Waals surface area contributed by atoms with E-state index in [9.17, 15) is 18.0 Å². The Morgan fingerprint density at radius 2 is 1.73 bits per heavy atom. The predicted octanol–water partition coefficient (Wildman–Crippen LogP) is 0.472. The lowest BCUT2D eigenvalue weighted by Crippen LogP contribution is -2.39. The molecule has 0 radical (unpaired) electrons. The molecule has 0 fully saturated rings. The van der Waals surface area contributed by atoms with Crippen molar-refractivity contribution < 1.29 is 18.0 Å². The summed E-state index contributed by atoms with van der Waals surface area (Å²) < 4.78 is 25.5. The van der Waals surface area contributed by atoms with Gasteiger partial charge in [-0.25, -0.2) is 13.1 Å².